The fraction of sp³-hybridized carbons (Fsp3) is 0. The number of rotatable bonds is 2. The topological polar surface area (TPSA) is 171 Å². The first-order valence-corrected chi connectivity index (χ1v) is 3.40. The monoisotopic (exact) mass is 548 g/mol. The minimum absolute atomic E-state index is 0. The molecule has 0 N–H and O–H groups in total. The van der Waals surface area contributed by atoms with Crippen LogP contribution < -0.4 is 395 Å². The van der Waals surface area contributed by atoms with Crippen molar-refractivity contribution in [1.29, 1.82) is 0 Å². The predicted molar refractivity (Wildman–Crippen MR) is 38.7 cm³/mol. The van der Waals surface area contributed by atoms with E-state index in [1.807, 2.05) is 0 Å². The van der Waals surface area contributed by atoms with Gasteiger partial charge in [-0.25, -0.2) is 0 Å². The zero-order chi connectivity index (χ0) is 15.7. The van der Waals surface area contributed by atoms with Crippen LogP contribution in [0, 0.1) is 0 Å². The van der Waals surface area contributed by atoms with Crippen LogP contribution in [0.3, 0.4) is 0 Å². The summed E-state index contributed by atoms with van der Waals surface area (Å²) in [6.45, 7) is 2.94. The fourth-order valence-corrected chi connectivity index (χ4v) is 0.0757. The molecule has 23 heteroatoms. The largest absolute Gasteiger partial charge is 1.00 e. The van der Waals surface area contributed by atoms with Gasteiger partial charge in [-0.2, -0.15) is 0 Å². The van der Waals surface area contributed by atoms with E-state index in [1.165, 1.54) is 0 Å². The molecule has 0 saturated carbocycles. The van der Waals surface area contributed by atoms with Crippen LogP contribution in [0.2, 0.25) is 0 Å². The summed E-state index contributed by atoms with van der Waals surface area (Å²) in [5, 5.41) is 59.0. The van der Waals surface area contributed by atoms with Crippen LogP contribution in [0.15, 0.2) is 12.8 Å². The molecule has 0 radical (unpaired) electrons. The Bertz CT molecular complexity index is 150. The van der Waals surface area contributed by atoms with E-state index in [4.69, 9.17) is 35.2 Å². The van der Waals surface area contributed by atoms with E-state index in [2.05, 4.69) is 11.2 Å². The minimum atomic E-state index is -3.17. The molecule has 25 heavy (non-hydrogen) atoms. The molecule has 0 atom stereocenters. The van der Waals surface area contributed by atoms with Crippen molar-refractivity contribution in [3.63, 3.8) is 0 Å². The minimum Gasteiger partial charge on any atom is -0.867 e. The van der Waals surface area contributed by atoms with Crippen LogP contribution >= 0.6 is 0 Å². The van der Waals surface area contributed by atoms with E-state index in [0.29, 0.717) is 0 Å². The molecule has 0 saturated heterocycles. The summed E-state index contributed by atoms with van der Waals surface area (Å²) in [5.41, 5.74) is 0. The summed E-state index contributed by atoms with van der Waals surface area (Å²) in [6.07, 6.45) is 0.762. The maximum atomic E-state index is 10.9. The third kappa shape index (κ3) is 198. The van der Waals surface area contributed by atoms with E-state index in [9.17, 15) is 17.3 Å². The van der Waals surface area contributed by atoms with Crippen molar-refractivity contribution in [2.24, 2.45) is 0 Å². The van der Waals surface area contributed by atoms with Crippen LogP contribution in [0.1, 0.15) is 0 Å². The molecule has 8 nitrogen and oxygen atoms in total. The Morgan fingerprint density at radius 1 is 0.560 bits per heavy atom. The molecule has 0 aliphatic carbocycles. The standard InChI is InChI=1S/C2H3BFO2.3BFO2.7K/c1-2-6-3(4)5;3*2-1(3)4;;;;;;;/h2H,1H2;;;;;;;;;;/q-1;3*-2;7*+1. The molecule has 0 spiro atoms. The van der Waals surface area contributed by atoms with Crippen molar-refractivity contribution in [1.82, 2.24) is 0 Å². The normalized spacial score (nSPS) is 4.92. The average Bonchev–Trinajstić information content (AvgIpc) is 1.98. The van der Waals surface area contributed by atoms with Gasteiger partial charge in [-0.15, -0.1) is 0 Å². The van der Waals surface area contributed by atoms with Gasteiger partial charge in [-0.1, -0.05) is 6.58 Å². The van der Waals surface area contributed by atoms with Gasteiger partial charge in [0.2, 0.25) is 0 Å². The summed E-state index contributed by atoms with van der Waals surface area (Å²) in [7, 11) is -12.0. The van der Waals surface area contributed by atoms with Crippen molar-refractivity contribution in [2.75, 3.05) is 0 Å². The summed E-state index contributed by atoms with van der Waals surface area (Å²) in [5.74, 6) is 0. The van der Waals surface area contributed by atoms with Crippen LogP contribution in [0.5, 0.6) is 0 Å². The molecular weight excluding hydrogens is 545 g/mol. The number of hydrogen-bond donors (Lipinski definition) is 0. The van der Waals surface area contributed by atoms with Crippen LogP contribution in [0.4, 0.5) is 17.3 Å². The molecule has 0 rings (SSSR count). The van der Waals surface area contributed by atoms with Crippen molar-refractivity contribution in [3.8, 4) is 0 Å². The summed E-state index contributed by atoms with van der Waals surface area (Å²) in [4.78, 5) is 0. The van der Waals surface area contributed by atoms with Crippen molar-refractivity contribution in [2.45, 2.75) is 0 Å². The van der Waals surface area contributed by atoms with Gasteiger partial charge < -0.3 is 52.8 Å². The van der Waals surface area contributed by atoms with Gasteiger partial charge >= 0.3 is 367 Å². The molecule has 0 aliphatic rings. The third-order valence-corrected chi connectivity index (χ3v) is 0.203. The van der Waals surface area contributed by atoms with E-state index in [-0.39, 0.29) is 360 Å². The first-order chi connectivity index (χ1) is 7.97. The summed E-state index contributed by atoms with van der Waals surface area (Å²) < 4.78 is 44.1. The Morgan fingerprint density at radius 2 is 0.680 bits per heavy atom. The van der Waals surface area contributed by atoms with Crippen molar-refractivity contribution >= 4 is 29.6 Å². The zero-order valence-corrected chi connectivity index (χ0v) is 37.2. The molecule has 0 unspecified atom stereocenters. The van der Waals surface area contributed by atoms with Gasteiger partial charge in [-0.3, -0.25) is 4.32 Å². The van der Waals surface area contributed by atoms with Gasteiger partial charge in [0, 0.05) is 0 Å². The Hall–Kier alpha value is 10.7. The third-order valence-electron chi connectivity index (χ3n) is 0.203. The SMILES string of the molecule is C=COB([O-])F.[K+].[K+].[K+].[K+].[K+].[K+].[K+].[O-]B([O-])F.[O-]B([O-])F.[O-]B([O-])F. The average molecular weight is 548 g/mol. The van der Waals surface area contributed by atoms with Crippen molar-refractivity contribution in [3.05, 3.63) is 12.8 Å². The smallest absolute Gasteiger partial charge is 0.867 e. The molecule has 0 aromatic carbocycles. The van der Waals surface area contributed by atoms with Crippen LogP contribution in [-0.4, -0.2) is 29.6 Å². The van der Waals surface area contributed by atoms with Gasteiger partial charge in [0.25, 0.3) is 0 Å². The first-order valence-electron chi connectivity index (χ1n) is 3.40. The van der Waals surface area contributed by atoms with E-state index in [1.54, 1.807) is 0 Å². The van der Waals surface area contributed by atoms with Gasteiger partial charge in [-0.05, 0) is 0 Å². The Kier molecular flexibility index (Phi) is 182. The molecule has 0 amide bonds. The predicted octanol–water partition coefficient (Wildman–Crippen LogP) is -28.5. The Balaban J connectivity index is -0.0000000108. The fourth-order valence-electron chi connectivity index (χ4n) is 0.0757. The maximum absolute atomic E-state index is 10.9. The second-order valence-corrected chi connectivity index (χ2v) is 1.40. The van der Waals surface area contributed by atoms with Gasteiger partial charge in [0.05, 0.1) is 6.26 Å². The number of hydrogen-bond acceptors (Lipinski definition) is 8. The van der Waals surface area contributed by atoms with Gasteiger partial charge in [0.15, 0.2) is 0 Å². The van der Waals surface area contributed by atoms with E-state index < -0.39 is 29.6 Å². The second-order valence-electron chi connectivity index (χ2n) is 1.40. The first kappa shape index (κ1) is 70.5. The zero-order valence-electron chi connectivity index (χ0n) is 15.4. The molecule has 0 bridgehead atoms. The van der Waals surface area contributed by atoms with Gasteiger partial charge in [0.1, 0.15) is 22.2 Å². The molecule has 106 valence electrons. The molecule has 0 aromatic rings. The van der Waals surface area contributed by atoms with Crippen molar-refractivity contribution < 1.29 is 417 Å². The second kappa shape index (κ2) is 64.6. The molecular formula is C2H3B4F4K7O8. The maximum Gasteiger partial charge on any atom is 1.00 e. The molecule has 0 fully saturated rings. The molecule has 0 aromatic heterocycles. The van der Waals surface area contributed by atoms with E-state index in [0.717, 1.165) is 6.26 Å². The summed E-state index contributed by atoms with van der Waals surface area (Å²) >= 11 is 0. The molecule has 0 aliphatic heterocycles. The summed E-state index contributed by atoms with van der Waals surface area (Å²) in [6, 6.07) is 0. The van der Waals surface area contributed by atoms with E-state index >= 15 is 0 Å². The quantitative estimate of drug-likeness (QED) is 0.186. The molecule has 0 heterocycles. The Morgan fingerprint density at radius 3 is 0.680 bits per heavy atom. The number of halogens is 4. The van der Waals surface area contributed by atoms with Crippen LogP contribution in [-0.2, 0) is 4.65 Å². The Labute approximate surface area is 443 Å². The van der Waals surface area contributed by atoms with Crippen LogP contribution in [0.25, 0.3) is 0 Å².